The Labute approximate surface area is 84.6 Å². The van der Waals surface area contributed by atoms with Gasteiger partial charge in [-0.3, -0.25) is 4.79 Å². The Morgan fingerprint density at radius 3 is 3.00 bits per heavy atom. The average molecular weight is 198 g/mol. The van der Waals surface area contributed by atoms with Gasteiger partial charge < -0.3 is 15.0 Å². The standard InChI is InChI=1S/C10H18N2O2/c1-2-8-7-14-6-5-12(8)10(13)9-3-4-11-9/h8-9,11H,2-7H2,1H3. The van der Waals surface area contributed by atoms with Crippen molar-refractivity contribution in [2.45, 2.75) is 31.8 Å². The molecular weight excluding hydrogens is 180 g/mol. The third kappa shape index (κ3) is 1.77. The number of nitrogens with one attached hydrogen (secondary N) is 1. The molecule has 0 bridgehead atoms. The maximum absolute atomic E-state index is 12.0. The van der Waals surface area contributed by atoms with Gasteiger partial charge in [-0.05, 0) is 19.4 Å². The van der Waals surface area contributed by atoms with Crippen molar-refractivity contribution in [1.29, 1.82) is 0 Å². The Kier molecular flexibility index (Phi) is 3.03. The van der Waals surface area contributed by atoms with E-state index in [0.717, 1.165) is 25.9 Å². The Bertz CT molecular complexity index is 216. The monoisotopic (exact) mass is 198 g/mol. The van der Waals surface area contributed by atoms with Crippen molar-refractivity contribution in [2.24, 2.45) is 0 Å². The van der Waals surface area contributed by atoms with Gasteiger partial charge >= 0.3 is 0 Å². The van der Waals surface area contributed by atoms with Gasteiger partial charge in [0.2, 0.25) is 5.91 Å². The minimum absolute atomic E-state index is 0.0853. The summed E-state index contributed by atoms with van der Waals surface area (Å²) in [7, 11) is 0. The summed E-state index contributed by atoms with van der Waals surface area (Å²) in [5.41, 5.74) is 0. The summed E-state index contributed by atoms with van der Waals surface area (Å²) in [5.74, 6) is 0.270. The Morgan fingerprint density at radius 2 is 2.43 bits per heavy atom. The first kappa shape index (κ1) is 9.93. The lowest BCUT2D eigenvalue weighted by Crippen LogP contribution is -2.59. The van der Waals surface area contributed by atoms with Gasteiger partial charge in [0.1, 0.15) is 0 Å². The SMILES string of the molecule is CCC1COCCN1C(=O)C1CCN1. The molecule has 0 aliphatic carbocycles. The Morgan fingerprint density at radius 1 is 1.64 bits per heavy atom. The van der Waals surface area contributed by atoms with Crippen LogP contribution in [0.1, 0.15) is 19.8 Å². The second kappa shape index (κ2) is 4.28. The molecule has 2 aliphatic rings. The molecule has 4 heteroatoms. The van der Waals surface area contributed by atoms with E-state index in [1.165, 1.54) is 0 Å². The molecule has 0 saturated carbocycles. The average Bonchev–Trinajstić information content (AvgIpc) is 2.15. The van der Waals surface area contributed by atoms with Gasteiger partial charge in [0.15, 0.2) is 0 Å². The fourth-order valence-electron chi connectivity index (χ4n) is 1.98. The zero-order chi connectivity index (χ0) is 9.97. The van der Waals surface area contributed by atoms with Gasteiger partial charge in [0.05, 0.1) is 25.3 Å². The molecule has 0 aromatic heterocycles. The van der Waals surface area contributed by atoms with Gasteiger partial charge in [-0.2, -0.15) is 0 Å². The first-order chi connectivity index (χ1) is 6.83. The van der Waals surface area contributed by atoms with Crippen molar-refractivity contribution in [3.05, 3.63) is 0 Å². The van der Waals surface area contributed by atoms with E-state index in [-0.39, 0.29) is 11.9 Å². The molecular formula is C10H18N2O2. The lowest BCUT2D eigenvalue weighted by atomic mass is 10.0. The molecule has 0 radical (unpaired) electrons. The largest absolute Gasteiger partial charge is 0.377 e. The number of amides is 1. The number of rotatable bonds is 2. The molecule has 2 atom stereocenters. The summed E-state index contributed by atoms with van der Waals surface area (Å²) in [4.78, 5) is 13.9. The molecule has 2 saturated heterocycles. The van der Waals surface area contributed by atoms with Crippen LogP contribution < -0.4 is 5.32 Å². The Balaban J connectivity index is 1.95. The molecule has 80 valence electrons. The highest BCUT2D eigenvalue weighted by atomic mass is 16.5. The number of carbonyl (C=O) groups is 1. The highest BCUT2D eigenvalue weighted by Crippen LogP contribution is 2.15. The predicted octanol–water partition coefficient (Wildman–Crippen LogP) is -0.0143. The molecule has 2 unspecified atom stereocenters. The summed E-state index contributed by atoms with van der Waals surface area (Å²) in [6, 6.07) is 0.376. The number of carbonyl (C=O) groups excluding carboxylic acids is 1. The van der Waals surface area contributed by atoms with Gasteiger partial charge in [-0.25, -0.2) is 0 Å². The molecule has 0 aromatic rings. The van der Waals surface area contributed by atoms with Crippen LogP contribution in [-0.4, -0.2) is 49.2 Å². The number of ether oxygens (including phenoxy) is 1. The van der Waals surface area contributed by atoms with Gasteiger partial charge in [0, 0.05) is 6.54 Å². The second-order valence-corrected chi connectivity index (χ2v) is 3.96. The molecule has 0 spiro atoms. The highest BCUT2D eigenvalue weighted by Gasteiger charge is 2.33. The third-order valence-electron chi connectivity index (χ3n) is 3.10. The molecule has 14 heavy (non-hydrogen) atoms. The molecule has 2 fully saturated rings. The summed E-state index contributed by atoms with van der Waals surface area (Å²) < 4.78 is 5.37. The molecule has 2 rings (SSSR count). The number of hydrogen-bond donors (Lipinski definition) is 1. The maximum Gasteiger partial charge on any atom is 0.240 e. The second-order valence-electron chi connectivity index (χ2n) is 3.96. The topological polar surface area (TPSA) is 41.6 Å². The Hall–Kier alpha value is -0.610. The lowest BCUT2D eigenvalue weighted by Gasteiger charge is -2.39. The van der Waals surface area contributed by atoms with Crippen molar-refractivity contribution in [2.75, 3.05) is 26.3 Å². The zero-order valence-corrected chi connectivity index (χ0v) is 8.66. The molecule has 4 nitrogen and oxygen atoms in total. The van der Waals surface area contributed by atoms with Crippen LogP contribution in [0, 0.1) is 0 Å². The fraction of sp³-hybridized carbons (Fsp3) is 0.900. The van der Waals surface area contributed by atoms with Crippen molar-refractivity contribution in [1.82, 2.24) is 10.2 Å². The van der Waals surface area contributed by atoms with Crippen LogP contribution in [0.4, 0.5) is 0 Å². The van der Waals surface area contributed by atoms with Gasteiger partial charge in [0.25, 0.3) is 0 Å². The van der Waals surface area contributed by atoms with E-state index >= 15 is 0 Å². The van der Waals surface area contributed by atoms with Crippen LogP contribution in [0.2, 0.25) is 0 Å². The van der Waals surface area contributed by atoms with Crippen molar-refractivity contribution in [3.63, 3.8) is 0 Å². The van der Waals surface area contributed by atoms with E-state index in [2.05, 4.69) is 12.2 Å². The van der Waals surface area contributed by atoms with Gasteiger partial charge in [-0.1, -0.05) is 6.92 Å². The quantitative estimate of drug-likeness (QED) is 0.678. The van der Waals surface area contributed by atoms with Crippen molar-refractivity contribution >= 4 is 5.91 Å². The van der Waals surface area contributed by atoms with Crippen LogP contribution in [0.25, 0.3) is 0 Å². The normalized spacial score (nSPS) is 32.5. The predicted molar refractivity (Wildman–Crippen MR) is 53.0 cm³/mol. The van der Waals surface area contributed by atoms with E-state index in [4.69, 9.17) is 4.74 Å². The first-order valence-corrected chi connectivity index (χ1v) is 5.44. The maximum atomic E-state index is 12.0. The smallest absolute Gasteiger partial charge is 0.240 e. The zero-order valence-electron chi connectivity index (χ0n) is 8.66. The van der Waals surface area contributed by atoms with Crippen LogP contribution in [0.5, 0.6) is 0 Å². The summed E-state index contributed by atoms with van der Waals surface area (Å²) in [6.45, 7) is 5.24. The van der Waals surface area contributed by atoms with E-state index in [1.807, 2.05) is 4.90 Å². The van der Waals surface area contributed by atoms with Crippen LogP contribution in [-0.2, 0) is 9.53 Å². The summed E-state index contributed by atoms with van der Waals surface area (Å²) in [5, 5.41) is 3.16. The third-order valence-corrected chi connectivity index (χ3v) is 3.10. The van der Waals surface area contributed by atoms with E-state index < -0.39 is 0 Å². The number of nitrogens with zero attached hydrogens (tertiary/aromatic N) is 1. The van der Waals surface area contributed by atoms with Gasteiger partial charge in [-0.15, -0.1) is 0 Å². The highest BCUT2D eigenvalue weighted by molar-refractivity contribution is 5.83. The minimum Gasteiger partial charge on any atom is -0.377 e. The molecule has 2 aliphatic heterocycles. The molecule has 0 aromatic carbocycles. The number of hydrogen-bond acceptors (Lipinski definition) is 3. The van der Waals surface area contributed by atoms with E-state index in [1.54, 1.807) is 0 Å². The molecule has 2 heterocycles. The van der Waals surface area contributed by atoms with Crippen LogP contribution in [0.3, 0.4) is 0 Å². The van der Waals surface area contributed by atoms with Crippen molar-refractivity contribution < 1.29 is 9.53 Å². The summed E-state index contributed by atoms with van der Waals surface area (Å²) >= 11 is 0. The molecule has 1 N–H and O–H groups in total. The van der Waals surface area contributed by atoms with Crippen LogP contribution >= 0.6 is 0 Å². The number of morpholine rings is 1. The van der Waals surface area contributed by atoms with Crippen molar-refractivity contribution in [3.8, 4) is 0 Å². The minimum atomic E-state index is 0.0853. The summed E-state index contributed by atoms with van der Waals surface area (Å²) in [6.07, 6.45) is 1.98. The van der Waals surface area contributed by atoms with Crippen LogP contribution in [0.15, 0.2) is 0 Å². The van der Waals surface area contributed by atoms with E-state index in [0.29, 0.717) is 19.3 Å². The van der Waals surface area contributed by atoms with E-state index in [9.17, 15) is 4.79 Å². The lowest BCUT2D eigenvalue weighted by molar-refractivity contribution is -0.144. The fourth-order valence-corrected chi connectivity index (χ4v) is 1.98. The first-order valence-electron chi connectivity index (χ1n) is 5.44. The molecule has 1 amide bonds.